The molecule has 0 saturated heterocycles. The molecule has 1 N–H and O–H groups in total. The Morgan fingerprint density at radius 1 is 1.12 bits per heavy atom. The van der Waals surface area contributed by atoms with Crippen LogP contribution in [0.25, 0.3) is 22.6 Å². The van der Waals surface area contributed by atoms with Crippen LogP contribution in [-0.2, 0) is 0 Å². The van der Waals surface area contributed by atoms with Crippen molar-refractivity contribution < 1.29 is 13.9 Å². The van der Waals surface area contributed by atoms with Crippen LogP contribution >= 0.6 is 0 Å². The van der Waals surface area contributed by atoms with Gasteiger partial charge in [-0.15, -0.1) is 0 Å². The van der Waals surface area contributed by atoms with E-state index in [1.54, 1.807) is 18.2 Å². The summed E-state index contributed by atoms with van der Waals surface area (Å²) in [4.78, 5) is 4.22. The maximum absolute atomic E-state index is 13.1. The second kappa shape index (κ2) is 3.59. The lowest BCUT2D eigenvalue weighted by Crippen LogP contribution is -1.78. The van der Waals surface area contributed by atoms with Crippen molar-refractivity contribution in [2.75, 3.05) is 0 Å². The molecular formula is C13H8FNO2. The number of halogens is 1. The van der Waals surface area contributed by atoms with Crippen LogP contribution in [0.15, 0.2) is 46.9 Å². The van der Waals surface area contributed by atoms with Gasteiger partial charge in [-0.25, -0.2) is 9.37 Å². The first-order valence-corrected chi connectivity index (χ1v) is 5.08. The highest BCUT2D eigenvalue weighted by Crippen LogP contribution is 2.26. The van der Waals surface area contributed by atoms with Crippen molar-refractivity contribution in [1.82, 2.24) is 4.98 Å². The first-order valence-electron chi connectivity index (χ1n) is 5.08. The van der Waals surface area contributed by atoms with Gasteiger partial charge in [0, 0.05) is 11.6 Å². The molecular weight excluding hydrogens is 221 g/mol. The summed E-state index contributed by atoms with van der Waals surface area (Å²) in [7, 11) is 0. The minimum atomic E-state index is -0.340. The van der Waals surface area contributed by atoms with Gasteiger partial charge in [0.25, 0.3) is 0 Å². The Kier molecular flexibility index (Phi) is 2.08. The average Bonchev–Trinajstić information content (AvgIpc) is 2.72. The minimum absolute atomic E-state index is 0.111. The lowest BCUT2D eigenvalue weighted by atomic mass is 10.2. The van der Waals surface area contributed by atoms with Crippen LogP contribution in [-0.4, -0.2) is 10.1 Å². The number of rotatable bonds is 1. The normalized spacial score (nSPS) is 10.9. The molecule has 4 heteroatoms. The van der Waals surface area contributed by atoms with Crippen molar-refractivity contribution in [3.63, 3.8) is 0 Å². The second-order valence-electron chi connectivity index (χ2n) is 3.68. The van der Waals surface area contributed by atoms with E-state index >= 15 is 0 Å². The van der Waals surface area contributed by atoms with Crippen molar-refractivity contribution in [2.24, 2.45) is 0 Å². The summed E-state index contributed by atoms with van der Waals surface area (Å²) in [6.45, 7) is 0. The van der Waals surface area contributed by atoms with Gasteiger partial charge in [0.05, 0.1) is 0 Å². The molecule has 0 spiro atoms. The molecule has 3 aromatic rings. The maximum Gasteiger partial charge on any atom is 0.227 e. The fraction of sp³-hybridized carbons (Fsp3) is 0. The van der Waals surface area contributed by atoms with E-state index in [-0.39, 0.29) is 11.6 Å². The van der Waals surface area contributed by atoms with E-state index in [9.17, 15) is 9.50 Å². The van der Waals surface area contributed by atoms with E-state index in [0.29, 0.717) is 22.6 Å². The molecule has 2 aromatic carbocycles. The van der Waals surface area contributed by atoms with Gasteiger partial charge in [-0.1, -0.05) is 6.07 Å². The van der Waals surface area contributed by atoms with Crippen molar-refractivity contribution in [3.8, 4) is 17.2 Å². The largest absolute Gasteiger partial charge is 0.508 e. The molecule has 0 saturated carbocycles. The Hall–Kier alpha value is -2.36. The SMILES string of the molecule is Oc1ccc2nc(-c3cccc(F)c3)oc2c1. The van der Waals surface area contributed by atoms with E-state index in [1.165, 1.54) is 24.3 Å². The molecule has 17 heavy (non-hydrogen) atoms. The molecule has 0 aliphatic heterocycles. The Morgan fingerprint density at radius 2 is 2.00 bits per heavy atom. The number of phenols is 1. The zero-order chi connectivity index (χ0) is 11.8. The molecule has 0 fully saturated rings. The van der Waals surface area contributed by atoms with E-state index in [0.717, 1.165) is 0 Å². The summed E-state index contributed by atoms with van der Waals surface area (Å²) >= 11 is 0. The van der Waals surface area contributed by atoms with Gasteiger partial charge in [0.15, 0.2) is 5.58 Å². The predicted molar refractivity (Wildman–Crippen MR) is 61.1 cm³/mol. The lowest BCUT2D eigenvalue weighted by Gasteiger charge is -1.93. The topological polar surface area (TPSA) is 46.3 Å². The highest BCUT2D eigenvalue weighted by molar-refractivity contribution is 5.77. The lowest BCUT2D eigenvalue weighted by molar-refractivity contribution is 0.474. The number of hydrogen-bond donors (Lipinski definition) is 1. The molecule has 0 aliphatic carbocycles. The summed E-state index contributed by atoms with van der Waals surface area (Å²) in [5, 5.41) is 9.31. The van der Waals surface area contributed by atoms with Crippen LogP contribution in [0.1, 0.15) is 0 Å². The van der Waals surface area contributed by atoms with Crippen molar-refractivity contribution >= 4 is 11.1 Å². The number of hydrogen-bond acceptors (Lipinski definition) is 3. The third kappa shape index (κ3) is 1.73. The standard InChI is InChI=1S/C13H8FNO2/c14-9-3-1-2-8(6-9)13-15-11-5-4-10(16)7-12(11)17-13/h1-7,16H. The van der Waals surface area contributed by atoms with Crippen molar-refractivity contribution in [2.45, 2.75) is 0 Å². The smallest absolute Gasteiger partial charge is 0.227 e. The van der Waals surface area contributed by atoms with Gasteiger partial charge >= 0.3 is 0 Å². The zero-order valence-corrected chi connectivity index (χ0v) is 8.72. The molecule has 1 aromatic heterocycles. The molecule has 0 aliphatic rings. The van der Waals surface area contributed by atoms with Crippen LogP contribution in [0, 0.1) is 5.82 Å². The summed E-state index contributed by atoms with van der Waals surface area (Å²) in [6, 6.07) is 10.7. The maximum atomic E-state index is 13.1. The minimum Gasteiger partial charge on any atom is -0.508 e. The van der Waals surface area contributed by atoms with Gasteiger partial charge in [-0.3, -0.25) is 0 Å². The molecule has 0 atom stereocenters. The van der Waals surface area contributed by atoms with E-state index in [2.05, 4.69) is 4.98 Å². The van der Waals surface area contributed by atoms with Crippen molar-refractivity contribution in [1.29, 1.82) is 0 Å². The fourth-order valence-corrected chi connectivity index (χ4v) is 1.66. The fourth-order valence-electron chi connectivity index (χ4n) is 1.66. The number of fused-ring (bicyclic) bond motifs is 1. The quantitative estimate of drug-likeness (QED) is 0.696. The number of aromatic nitrogens is 1. The summed E-state index contributed by atoms with van der Waals surface area (Å²) in [6.07, 6.45) is 0. The number of oxazole rings is 1. The Labute approximate surface area is 96.1 Å². The second-order valence-corrected chi connectivity index (χ2v) is 3.68. The van der Waals surface area contributed by atoms with E-state index in [4.69, 9.17) is 4.42 Å². The van der Waals surface area contributed by atoms with Gasteiger partial charge < -0.3 is 9.52 Å². The molecule has 0 amide bonds. The van der Waals surface area contributed by atoms with Gasteiger partial charge in [0.2, 0.25) is 5.89 Å². The van der Waals surface area contributed by atoms with E-state index < -0.39 is 0 Å². The van der Waals surface area contributed by atoms with Crippen LogP contribution in [0.3, 0.4) is 0 Å². The molecule has 3 rings (SSSR count). The van der Waals surface area contributed by atoms with Gasteiger partial charge in [-0.05, 0) is 30.3 Å². The average molecular weight is 229 g/mol. The molecule has 3 nitrogen and oxygen atoms in total. The number of aromatic hydroxyl groups is 1. The Bertz CT molecular complexity index is 691. The first-order chi connectivity index (χ1) is 8.22. The van der Waals surface area contributed by atoms with E-state index in [1.807, 2.05) is 0 Å². The zero-order valence-electron chi connectivity index (χ0n) is 8.72. The van der Waals surface area contributed by atoms with Gasteiger partial charge in [0.1, 0.15) is 17.1 Å². The monoisotopic (exact) mass is 229 g/mol. The third-order valence-electron chi connectivity index (χ3n) is 2.44. The third-order valence-corrected chi connectivity index (χ3v) is 2.44. The van der Waals surface area contributed by atoms with Gasteiger partial charge in [-0.2, -0.15) is 0 Å². The van der Waals surface area contributed by atoms with Crippen LogP contribution in [0.4, 0.5) is 4.39 Å². The summed E-state index contributed by atoms with van der Waals surface area (Å²) in [5.74, 6) is 0.108. The van der Waals surface area contributed by atoms with Crippen LogP contribution in [0.2, 0.25) is 0 Å². The number of nitrogens with zero attached hydrogens (tertiary/aromatic N) is 1. The van der Waals surface area contributed by atoms with Crippen molar-refractivity contribution in [3.05, 3.63) is 48.3 Å². The predicted octanol–water partition coefficient (Wildman–Crippen LogP) is 3.34. The summed E-state index contributed by atoms with van der Waals surface area (Å²) < 4.78 is 18.5. The highest BCUT2D eigenvalue weighted by Gasteiger charge is 2.09. The van der Waals surface area contributed by atoms with Crippen LogP contribution < -0.4 is 0 Å². The Balaban J connectivity index is 2.18. The Morgan fingerprint density at radius 3 is 2.82 bits per heavy atom. The molecule has 0 unspecified atom stereocenters. The number of benzene rings is 2. The highest BCUT2D eigenvalue weighted by atomic mass is 19.1. The van der Waals surface area contributed by atoms with Crippen LogP contribution in [0.5, 0.6) is 5.75 Å². The first kappa shape index (κ1) is 9.84. The molecule has 1 heterocycles. The molecule has 0 bridgehead atoms. The molecule has 0 radical (unpaired) electrons. The number of phenolic OH excluding ortho intramolecular Hbond substituents is 1. The summed E-state index contributed by atoms with van der Waals surface area (Å²) in [5.41, 5.74) is 1.67. The molecule has 84 valence electrons.